The maximum Gasteiger partial charge on any atom is 0.244 e. The lowest BCUT2D eigenvalue weighted by molar-refractivity contribution is -0.117. The second-order valence-electron chi connectivity index (χ2n) is 8.00. The van der Waals surface area contributed by atoms with Crippen LogP contribution in [0.5, 0.6) is 0 Å². The molecule has 0 unspecified atom stereocenters. The Kier molecular flexibility index (Phi) is 7.65. The number of hydrogen-bond acceptors (Lipinski definition) is 4. The molecule has 31 heavy (non-hydrogen) atoms. The van der Waals surface area contributed by atoms with Gasteiger partial charge in [0.1, 0.15) is 4.90 Å². The Morgan fingerprint density at radius 2 is 1.77 bits per heavy atom. The molecule has 6 nitrogen and oxygen atoms in total. The molecule has 0 aliphatic carbocycles. The number of rotatable bonds is 6. The number of sulfonamides is 1. The molecular weight excluding hydrogens is 457 g/mol. The summed E-state index contributed by atoms with van der Waals surface area (Å²) in [4.78, 5) is 14.6. The molecule has 0 saturated carbocycles. The number of piperazine rings is 1. The molecular formula is C22H27Cl2N3O3S. The number of amides is 1. The molecule has 0 bridgehead atoms. The number of para-hydroxylation sites is 1. The molecule has 0 aromatic heterocycles. The molecule has 1 aliphatic rings. The highest BCUT2D eigenvalue weighted by Crippen LogP contribution is 2.29. The maximum absolute atomic E-state index is 13.0. The van der Waals surface area contributed by atoms with Gasteiger partial charge >= 0.3 is 0 Å². The Morgan fingerprint density at radius 3 is 2.42 bits per heavy atom. The summed E-state index contributed by atoms with van der Waals surface area (Å²) in [6, 6.07) is 10.4. The Balaban J connectivity index is 1.62. The Bertz CT molecular complexity index is 1070. The number of carbonyl (C=O) groups excluding carboxylic acids is 1. The van der Waals surface area contributed by atoms with E-state index < -0.39 is 10.0 Å². The van der Waals surface area contributed by atoms with Crippen molar-refractivity contribution < 1.29 is 13.2 Å². The first-order valence-corrected chi connectivity index (χ1v) is 12.4. The van der Waals surface area contributed by atoms with Crippen molar-refractivity contribution >= 4 is 44.8 Å². The number of carbonyl (C=O) groups is 1. The van der Waals surface area contributed by atoms with Gasteiger partial charge in [-0.25, -0.2) is 8.42 Å². The summed E-state index contributed by atoms with van der Waals surface area (Å²) in [6.07, 6.45) is 0. The Labute approximate surface area is 194 Å². The molecule has 2 aromatic rings. The number of hydrogen-bond donors (Lipinski definition) is 1. The minimum atomic E-state index is -3.75. The van der Waals surface area contributed by atoms with Crippen LogP contribution in [0.25, 0.3) is 0 Å². The standard InChI is InChI=1S/C22H27Cl2N3O3S/c1-15(2)18-6-4-5-16(3)22(18)25-21(28)14-26-9-11-27(12-10-26)31(29,30)20-13-17(23)7-8-19(20)24/h4-8,13,15H,9-12,14H2,1-3H3,(H,25,28). The summed E-state index contributed by atoms with van der Waals surface area (Å²) >= 11 is 12.1. The van der Waals surface area contributed by atoms with E-state index in [4.69, 9.17) is 23.2 Å². The van der Waals surface area contributed by atoms with Crippen molar-refractivity contribution in [3.8, 4) is 0 Å². The lowest BCUT2D eigenvalue weighted by Crippen LogP contribution is -2.50. The number of nitrogens with one attached hydrogen (secondary N) is 1. The third kappa shape index (κ3) is 5.59. The van der Waals surface area contributed by atoms with E-state index in [0.29, 0.717) is 24.0 Å². The number of benzene rings is 2. The van der Waals surface area contributed by atoms with Gasteiger partial charge in [0.05, 0.1) is 11.6 Å². The van der Waals surface area contributed by atoms with Crippen LogP contribution in [0.3, 0.4) is 0 Å². The molecule has 1 amide bonds. The van der Waals surface area contributed by atoms with Gasteiger partial charge in [0.15, 0.2) is 0 Å². The van der Waals surface area contributed by atoms with Crippen LogP contribution in [0.2, 0.25) is 10.0 Å². The summed E-state index contributed by atoms with van der Waals surface area (Å²) in [6.45, 7) is 7.84. The minimum absolute atomic E-state index is 0.00799. The van der Waals surface area contributed by atoms with Gasteiger partial charge in [0, 0.05) is 36.9 Å². The fourth-order valence-electron chi connectivity index (χ4n) is 3.67. The fraction of sp³-hybridized carbons (Fsp3) is 0.409. The van der Waals surface area contributed by atoms with Gasteiger partial charge in [0.2, 0.25) is 15.9 Å². The first kappa shape index (κ1) is 24.0. The zero-order chi connectivity index (χ0) is 22.8. The van der Waals surface area contributed by atoms with E-state index in [9.17, 15) is 13.2 Å². The monoisotopic (exact) mass is 483 g/mol. The molecule has 0 radical (unpaired) electrons. The molecule has 1 heterocycles. The SMILES string of the molecule is Cc1cccc(C(C)C)c1NC(=O)CN1CCN(S(=O)(=O)c2cc(Cl)ccc2Cl)CC1. The average molecular weight is 484 g/mol. The molecule has 3 rings (SSSR count). The van der Waals surface area contributed by atoms with Crippen molar-refractivity contribution in [2.24, 2.45) is 0 Å². The molecule has 168 valence electrons. The maximum atomic E-state index is 13.0. The number of anilines is 1. The van der Waals surface area contributed by atoms with E-state index in [1.807, 2.05) is 30.0 Å². The van der Waals surface area contributed by atoms with Gasteiger partial charge in [-0.15, -0.1) is 0 Å². The van der Waals surface area contributed by atoms with Crippen LogP contribution in [0.1, 0.15) is 30.9 Å². The lowest BCUT2D eigenvalue weighted by atomic mass is 9.98. The second kappa shape index (κ2) is 9.88. The normalized spacial score (nSPS) is 15.9. The molecule has 1 N–H and O–H groups in total. The molecule has 0 atom stereocenters. The second-order valence-corrected chi connectivity index (χ2v) is 10.7. The number of aryl methyl sites for hydroxylation is 1. The van der Waals surface area contributed by atoms with Crippen LogP contribution in [0.15, 0.2) is 41.3 Å². The predicted molar refractivity (Wildman–Crippen MR) is 126 cm³/mol. The molecule has 1 saturated heterocycles. The van der Waals surface area contributed by atoms with Crippen molar-refractivity contribution in [1.82, 2.24) is 9.21 Å². The predicted octanol–water partition coefficient (Wildman–Crippen LogP) is 4.37. The van der Waals surface area contributed by atoms with Crippen molar-refractivity contribution in [2.75, 3.05) is 38.0 Å². The van der Waals surface area contributed by atoms with Gasteiger partial charge in [-0.2, -0.15) is 4.31 Å². The quantitative estimate of drug-likeness (QED) is 0.661. The Hall–Kier alpha value is -1.64. The zero-order valence-corrected chi connectivity index (χ0v) is 20.2. The van der Waals surface area contributed by atoms with E-state index in [1.165, 1.54) is 16.4 Å². The van der Waals surface area contributed by atoms with Crippen LogP contribution < -0.4 is 5.32 Å². The van der Waals surface area contributed by atoms with E-state index >= 15 is 0 Å². The third-order valence-corrected chi connectivity index (χ3v) is 8.02. The highest BCUT2D eigenvalue weighted by Gasteiger charge is 2.31. The third-order valence-electron chi connectivity index (χ3n) is 5.40. The molecule has 1 fully saturated rings. The van der Waals surface area contributed by atoms with Crippen LogP contribution in [-0.2, 0) is 14.8 Å². The largest absolute Gasteiger partial charge is 0.324 e. The zero-order valence-electron chi connectivity index (χ0n) is 17.9. The topological polar surface area (TPSA) is 69.7 Å². The molecule has 9 heteroatoms. The first-order valence-electron chi connectivity index (χ1n) is 10.2. The van der Waals surface area contributed by atoms with E-state index in [-0.39, 0.29) is 35.5 Å². The van der Waals surface area contributed by atoms with Gasteiger partial charge in [-0.05, 0) is 42.2 Å². The minimum Gasteiger partial charge on any atom is -0.324 e. The van der Waals surface area contributed by atoms with Gasteiger partial charge < -0.3 is 5.32 Å². The van der Waals surface area contributed by atoms with Gasteiger partial charge in [0.25, 0.3) is 0 Å². The van der Waals surface area contributed by atoms with E-state index in [2.05, 4.69) is 19.2 Å². The summed E-state index contributed by atoms with van der Waals surface area (Å²) in [5, 5.41) is 3.50. The highest BCUT2D eigenvalue weighted by molar-refractivity contribution is 7.89. The summed E-state index contributed by atoms with van der Waals surface area (Å²) < 4.78 is 27.3. The molecule has 0 spiro atoms. The van der Waals surface area contributed by atoms with E-state index in [1.54, 1.807) is 6.07 Å². The summed E-state index contributed by atoms with van der Waals surface area (Å²) in [5.41, 5.74) is 2.98. The molecule has 2 aromatic carbocycles. The molecule has 1 aliphatic heterocycles. The number of nitrogens with zero attached hydrogens (tertiary/aromatic N) is 2. The Morgan fingerprint density at radius 1 is 1.10 bits per heavy atom. The van der Waals surface area contributed by atoms with Crippen molar-refractivity contribution in [3.63, 3.8) is 0 Å². The van der Waals surface area contributed by atoms with Crippen molar-refractivity contribution in [1.29, 1.82) is 0 Å². The number of halogens is 2. The van der Waals surface area contributed by atoms with Gasteiger partial charge in [-0.3, -0.25) is 9.69 Å². The van der Waals surface area contributed by atoms with Crippen molar-refractivity contribution in [2.45, 2.75) is 31.6 Å². The van der Waals surface area contributed by atoms with Crippen LogP contribution in [-0.4, -0.2) is 56.3 Å². The van der Waals surface area contributed by atoms with Crippen LogP contribution in [0.4, 0.5) is 5.69 Å². The van der Waals surface area contributed by atoms with E-state index in [0.717, 1.165) is 16.8 Å². The summed E-state index contributed by atoms with van der Waals surface area (Å²) in [7, 11) is -3.75. The lowest BCUT2D eigenvalue weighted by Gasteiger charge is -2.33. The fourth-order valence-corrected chi connectivity index (χ4v) is 5.83. The average Bonchev–Trinajstić information content (AvgIpc) is 2.71. The van der Waals surface area contributed by atoms with Crippen molar-refractivity contribution in [3.05, 3.63) is 57.6 Å². The van der Waals surface area contributed by atoms with Crippen LogP contribution in [0, 0.1) is 6.92 Å². The first-order chi connectivity index (χ1) is 14.6. The smallest absolute Gasteiger partial charge is 0.244 e. The summed E-state index contributed by atoms with van der Waals surface area (Å²) in [5.74, 6) is 0.188. The van der Waals surface area contributed by atoms with Gasteiger partial charge in [-0.1, -0.05) is 55.2 Å². The highest BCUT2D eigenvalue weighted by atomic mass is 35.5. The van der Waals surface area contributed by atoms with Crippen LogP contribution >= 0.6 is 23.2 Å².